The van der Waals surface area contributed by atoms with E-state index in [2.05, 4.69) is 188 Å². The maximum atomic E-state index is 9.23. The number of ether oxygens (including phenoxy) is 1. The van der Waals surface area contributed by atoms with Crippen molar-refractivity contribution in [1.29, 1.82) is 0 Å². The van der Waals surface area contributed by atoms with Crippen molar-refractivity contribution >= 4 is 44.6 Å². The third-order valence-corrected chi connectivity index (χ3v) is 14.9. The van der Waals surface area contributed by atoms with E-state index in [0.717, 1.165) is 50.4 Å². The molecule has 5 nitrogen and oxygen atoms in total. The average molecular weight is 1230 g/mol. The van der Waals surface area contributed by atoms with Gasteiger partial charge in [0.05, 0.1) is 5.48 Å². The summed E-state index contributed by atoms with van der Waals surface area (Å²) < 4.78 is 94.1. The van der Waals surface area contributed by atoms with Crippen LogP contribution in [-0.2, 0) is 37.3 Å². The number of nitrogens with zero attached hydrogens (tertiary/aromatic N) is 4. The predicted molar refractivity (Wildman–Crippen MR) is 332 cm³/mol. The molecule has 2 aromatic heterocycles. The number of hydrogen-bond acceptors (Lipinski definition) is 4. The zero-order chi connectivity index (χ0) is 63.4. The minimum atomic E-state index is -2.73. The fourth-order valence-corrected chi connectivity index (χ4v) is 10.9. The Kier molecular flexibility index (Phi) is 11.2. The standard InChI is InChI=1S/C74H67N4O.Pt/c1-48-23-21-26-52(39-48)63-46-75-70(40-49(63)2)78-66-32-18-16-30-59(66)60-38-36-56(45-69(60)78)79-55-28-22-27-54(44-55)76-47-77(68-34-20-19-33-67(68)76)71-61(57-29-15-17-31-64(57)73(6,7)8)42-53(72(3,4)5)43-62(71)58-37-35-51(41-65(58)74(9,10)11)50-24-13-12-14-25-50;/h12-43,46-47H,1-11H3;/q-3;/i1D3,2D3,16D,18D,30D,32D;. The minimum Gasteiger partial charge on any atom is -0.509 e. The summed E-state index contributed by atoms with van der Waals surface area (Å²) in [5, 5.41) is 0.579. The summed E-state index contributed by atoms with van der Waals surface area (Å²) in [7, 11) is 0. The number of para-hydroxylation sites is 3. The minimum absolute atomic E-state index is 0. The predicted octanol–water partition coefficient (Wildman–Crippen LogP) is 20.2. The van der Waals surface area contributed by atoms with Gasteiger partial charge in [-0.1, -0.05) is 201 Å². The fraction of sp³-hybridized carbons (Fsp3) is 0.189. The molecule has 3 heterocycles. The van der Waals surface area contributed by atoms with Crippen molar-refractivity contribution in [2.45, 2.75) is 92.3 Å². The molecule has 0 saturated heterocycles. The number of rotatable bonds is 9. The molecule has 1 aliphatic heterocycles. The van der Waals surface area contributed by atoms with Gasteiger partial charge >= 0.3 is 0 Å². The van der Waals surface area contributed by atoms with Gasteiger partial charge in [-0.2, -0.15) is 12.1 Å². The van der Waals surface area contributed by atoms with Crippen LogP contribution in [0.2, 0.25) is 0 Å². The summed E-state index contributed by atoms with van der Waals surface area (Å²) in [5.41, 5.74) is 14.0. The van der Waals surface area contributed by atoms with Crippen LogP contribution in [0.1, 0.15) is 104 Å². The number of aryl methyl sites for hydroxylation is 2. The monoisotopic (exact) mass is 1230 g/mol. The van der Waals surface area contributed by atoms with Crippen molar-refractivity contribution in [3.05, 3.63) is 247 Å². The average Bonchev–Trinajstić information content (AvgIpc) is 1.63. The van der Waals surface area contributed by atoms with Crippen molar-refractivity contribution < 1.29 is 39.5 Å². The van der Waals surface area contributed by atoms with Gasteiger partial charge in [-0.05, 0) is 122 Å². The van der Waals surface area contributed by atoms with Crippen molar-refractivity contribution in [2.24, 2.45) is 0 Å². The molecule has 12 rings (SSSR count). The topological polar surface area (TPSA) is 33.5 Å². The third kappa shape index (κ3) is 10.1. The Bertz CT molecular complexity index is 4610. The molecule has 9 aromatic carbocycles. The molecular formula is C74H67N4OPt-3. The Morgan fingerprint density at radius 2 is 1.20 bits per heavy atom. The molecular weight excluding hydrogens is 1160 g/mol. The van der Waals surface area contributed by atoms with Gasteiger partial charge in [-0.15, -0.1) is 48.1 Å². The summed E-state index contributed by atoms with van der Waals surface area (Å²) in [4.78, 5) is 9.19. The molecule has 0 unspecified atom stereocenters. The van der Waals surface area contributed by atoms with Crippen molar-refractivity contribution in [2.75, 3.05) is 9.80 Å². The molecule has 0 radical (unpaired) electrons. The molecule has 402 valence electrons. The van der Waals surface area contributed by atoms with Gasteiger partial charge < -0.3 is 19.1 Å². The molecule has 0 N–H and O–H groups in total. The SMILES string of the molecule is [2H]c1c([2H])c([2H])c2c(c1[2H])c1ccc(Oc3[c-]c(N4[CH-]N(c5c(-c6ccccc6C(C)(C)C)cc(C(C)(C)C)cc5-c5ccc(-c6ccccc6)cc5C(C)(C)C)c5ccccc54)ccc3)[c-]c1n2-c1cc(C([2H])([2H])[2H])c(-c2cccc(C([2H])([2H])[2H])c2)cn1.[Pt]. The fourth-order valence-electron chi connectivity index (χ4n) is 10.9. The molecule has 0 fully saturated rings. The molecule has 6 heteroatoms. The van der Waals surface area contributed by atoms with Crippen LogP contribution in [0.3, 0.4) is 0 Å². The van der Waals surface area contributed by atoms with Gasteiger partial charge in [0.1, 0.15) is 5.82 Å². The van der Waals surface area contributed by atoms with Crippen LogP contribution >= 0.6 is 0 Å². The summed E-state index contributed by atoms with van der Waals surface area (Å²) in [5.74, 6) is 0.585. The van der Waals surface area contributed by atoms with E-state index in [1.807, 2.05) is 24.3 Å². The Labute approximate surface area is 501 Å². The Hall–Kier alpha value is -7.98. The number of fused-ring (bicyclic) bond motifs is 4. The first-order valence-corrected chi connectivity index (χ1v) is 26.8. The quantitative estimate of drug-likeness (QED) is 0.135. The number of pyridine rings is 1. The zero-order valence-corrected chi connectivity index (χ0v) is 48.6. The third-order valence-electron chi connectivity index (χ3n) is 14.9. The number of anilines is 4. The van der Waals surface area contributed by atoms with E-state index in [1.165, 1.54) is 45.7 Å². The Morgan fingerprint density at radius 1 is 0.525 bits per heavy atom. The molecule has 11 aromatic rings. The first kappa shape index (κ1) is 42.9. The van der Waals surface area contributed by atoms with E-state index in [4.69, 9.17) is 22.1 Å². The molecule has 0 atom stereocenters. The van der Waals surface area contributed by atoms with E-state index in [-0.39, 0.29) is 94.1 Å². The van der Waals surface area contributed by atoms with Crippen LogP contribution in [0, 0.1) is 32.5 Å². The zero-order valence-electron chi connectivity index (χ0n) is 56.3. The van der Waals surface area contributed by atoms with Gasteiger partial charge in [-0.25, -0.2) is 4.98 Å². The molecule has 0 bridgehead atoms. The largest absolute Gasteiger partial charge is 0.509 e. The first-order chi connectivity index (χ1) is 42.0. The smallest absolute Gasteiger partial charge is 0.135 e. The Balaban J connectivity index is 0.00000833. The van der Waals surface area contributed by atoms with Crippen molar-refractivity contribution in [3.8, 4) is 61.8 Å². The second-order valence-electron chi connectivity index (χ2n) is 23.5. The van der Waals surface area contributed by atoms with Crippen molar-refractivity contribution in [1.82, 2.24) is 9.55 Å². The molecule has 80 heavy (non-hydrogen) atoms. The summed E-state index contributed by atoms with van der Waals surface area (Å²) in [6, 6.07) is 61.1. The summed E-state index contributed by atoms with van der Waals surface area (Å²) in [6.45, 7) is 17.4. The van der Waals surface area contributed by atoms with Gasteiger partial charge in [0.2, 0.25) is 0 Å². The molecule has 0 aliphatic carbocycles. The van der Waals surface area contributed by atoms with E-state index in [9.17, 15) is 1.37 Å². The summed E-state index contributed by atoms with van der Waals surface area (Å²) >= 11 is 0. The van der Waals surface area contributed by atoms with Crippen LogP contribution < -0.4 is 14.5 Å². The number of hydrogen-bond donors (Lipinski definition) is 0. The van der Waals surface area contributed by atoms with Crippen LogP contribution in [0.5, 0.6) is 11.5 Å². The molecule has 0 saturated carbocycles. The first-order valence-electron chi connectivity index (χ1n) is 31.8. The van der Waals surface area contributed by atoms with E-state index < -0.39 is 25.8 Å². The number of aromatic nitrogens is 2. The maximum Gasteiger partial charge on any atom is 0.135 e. The second-order valence-corrected chi connectivity index (χ2v) is 23.5. The van der Waals surface area contributed by atoms with Crippen LogP contribution in [0.15, 0.2) is 200 Å². The van der Waals surface area contributed by atoms with E-state index in [0.29, 0.717) is 22.4 Å². The van der Waals surface area contributed by atoms with Crippen LogP contribution in [0.25, 0.3) is 72.1 Å². The van der Waals surface area contributed by atoms with Crippen LogP contribution in [0.4, 0.5) is 22.7 Å². The maximum absolute atomic E-state index is 9.23. The molecule has 0 amide bonds. The van der Waals surface area contributed by atoms with Crippen LogP contribution in [-0.4, -0.2) is 9.55 Å². The summed E-state index contributed by atoms with van der Waals surface area (Å²) in [6.07, 6.45) is 1.36. The van der Waals surface area contributed by atoms with Gasteiger partial charge in [0.25, 0.3) is 0 Å². The van der Waals surface area contributed by atoms with Crippen molar-refractivity contribution in [3.63, 3.8) is 0 Å². The number of benzene rings is 9. The van der Waals surface area contributed by atoms with Gasteiger partial charge in [-0.3, -0.25) is 0 Å². The van der Waals surface area contributed by atoms with E-state index in [1.54, 1.807) is 30.3 Å². The van der Waals surface area contributed by atoms with Gasteiger partial charge in [0, 0.05) is 86.3 Å². The molecule has 1 aliphatic rings. The van der Waals surface area contributed by atoms with E-state index >= 15 is 0 Å². The molecule has 0 spiro atoms. The Morgan fingerprint density at radius 3 is 1.94 bits per heavy atom. The normalized spacial score (nSPS) is 14.9. The second kappa shape index (κ2) is 20.9. The van der Waals surface area contributed by atoms with Gasteiger partial charge in [0.15, 0.2) is 0 Å².